The quantitative estimate of drug-likeness (QED) is 0.717. The van der Waals surface area contributed by atoms with E-state index >= 15 is 0 Å². The fraction of sp³-hybridized carbons (Fsp3) is 0.458. The second kappa shape index (κ2) is 7.50. The molecule has 0 amide bonds. The number of benzene rings is 2. The van der Waals surface area contributed by atoms with E-state index in [2.05, 4.69) is 63.5 Å². The molecule has 4 heteroatoms. The molecule has 0 saturated carbocycles. The molecule has 1 N–H and O–H groups in total. The number of rotatable bonds is 5. The number of hydrogen-bond acceptors (Lipinski definition) is 3. The Labute approximate surface area is 168 Å². The van der Waals surface area contributed by atoms with Gasteiger partial charge < -0.3 is 14.9 Å². The first-order chi connectivity index (χ1) is 13.2. The van der Waals surface area contributed by atoms with Gasteiger partial charge >= 0.3 is 5.97 Å². The van der Waals surface area contributed by atoms with Crippen molar-refractivity contribution < 1.29 is 9.90 Å². The highest BCUT2D eigenvalue weighted by atomic mass is 16.4. The third kappa shape index (κ3) is 3.48. The van der Waals surface area contributed by atoms with Gasteiger partial charge in [0, 0.05) is 30.5 Å². The van der Waals surface area contributed by atoms with Crippen molar-refractivity contribution in [3.8, 4) is 0 Å². The first-order valence-electron chi connectivity index (χ1n) is 10.2. The lowest BCUT2D eigenvalue weighted by molar-refractivity contribution is 0.0697. The van der Waals surface area contributed by atoms with E-state index in [0.29, 0.717) is 18.2 Å². The number of fused-ring (bicyclic) bond motifs is 1. The molecule has 2 aromatic rings. The summed E-state index contributed by atoms with van der Waals surface area (Å²) >= 11 is 0. The van der Waals surface area contributed by atoms with Crippen molar-refractivity contribution >= 4 is 23.0 Å². The predicted molar refractivity (Wildman–Crippen MR) is 117 cm³/mol. The van der Waals surface area contributed by atoms with Crippen molar-refractivity contribution in [2.75, 3.05) is 22.9 Å². The van der Waals surface area contributed by atoms with Crippen LogP contribution in [0.3, 0.4) is 0 Å². The van der Waals surface area contributed by atoms with Crippen LogP contribution in [-0.2, 0) is 5.41 Å². The Kier molecular flexibility index (Phi) is 5.42. The highest BCUT2D eigenvalue weighted by Crippen LogP contribution is 2.44. The molecule has 0 saturated heterocycles. The van der Waals surface area contributed by atoms with Gasteiger partial charge in [-0.2, -0.15) is 0 Å². The molecule has 0 spiro atoms. The molecule has 3 rings (SSSR count). The number of para-hydroxylation sites is 1. The molecule has 0 atom stereocenters. The van der Waals surface area contributed by atoms with Crippen LogP contribution in [0.25, 0.3) is 0 Å². The molecular weight excluding hydrogens is 348 g/mol. The molecule has 1 heterocycles. The van der Waals surface area contributed by atoms with E-state index in [1.54, 1.807) is 12.1 Å². The van der Waals surface area contributed by atoms with Crippen LogP contribution in [-0.4, -0.2) is 30.2 Å². The Morgan fingerprint density at radius 1 is 1.21 bits per heavy atom. The fourth-order valence-corrected chi connectivity index (χ4v) is 4.30. The maximum Gasteiger partial charge on any atom is 0.337 e. The summed E-state index contributed by atoms with van der Waals surface area (Å²) < 4.78 is 0. The van der Waals surface area contributed by atoms with Crippen molar-refractivity contribution in [3.63, 3.8) is 0 Å². The molecular formula is C24H32N2O2. The highest BCUT2D eigenvalue weighted by Gasteiger charge is 2.33. The van der Waals surface area contributed by atoms with Gasteiger partial charge in [0.2, 0.25) is 0 Å². The number of carboxylic acid groups (broad SMARTS) is 1. The van der Waals surface area contributed by atoms with Crippen LogP contribution in [0.2, 0.25) is 0 Å². The zero-order valence-corrected chi connectivity index (χ0v) is 17.9. The summed E-state index contributed by atoms with van der Waals surface area (Å²) in [4.78, 5) is 16.4. The molecule has 0 aromatic heterocycles. The Morgan fingerprint density at radius 3 is 2.50 bits per heavy atom. The van der Waals surface area contributed by atoms with Crippen LogP contribution in [0.4, 0.5) is 17.1 Å². The molecule has 1 aliphatic heterocycles. The molecule has 150 valence electrons. The number of aryl methyl sites for hydroxylation is 1. The number of aromatic carboxylic acids is 1. The summed E-state index contributed by atoms with van der Waals surface area (Å²) in [5.74, 6) is -0.893. The van der Waals surface area contributed by atoms with Gasteiger partial charge in [0.15, 0.2) is 0 Å². The van der Waals surface area contributed by atoms with Crippen LogP contribution in [0.5, 0.6) is 0 Å². The van der Waals surface area contributed by atoms with Gasteiger partial charge in [-0.05, 0) is 74.9 Å². The fourth-order valence-electron chi connectivity index (χ4n) is 4.30. The van der Waals surface area contributed by atoms with E-state index in [1.807, 2.05) is 12.1 Å². The largest absolute Gasteiger partial charge is 0.478 e. The third-order valence-corrected chi connectivity index (χ3v) is 5.99. The van der Waals surface area contributed by atoms with Gasteiger partial charge in [-0.15, -0.1) is 0 Å². The number of nitrogens with zero attached hydrogens (tertiary/aromatic N) is 2. The Bertz CT molecular complexity index is 886. The van der Waals surface area contributed by atoms with Crippen molar-refractivity contribution in [2.45, 2.75) is 59.4 Å². The molecule has 0 fully saturated rings. The van der Waals surface area contributed by atoms with E-state index in [1.165, 1.54) is 16.8 Å². The van der Waals surface area contributed by atoms with Crippen molar-refractivity contribution in [3.05, 3.63) is 53.1 Å². The second-order valence-electron chi connectivity index (χ2n) is 8.64. The second-order valence-corrected chi connectivity index (χ2v) is 8.64. The smallest absolute Gasteiger partial charge is 0.337 e. The average Bonchev–Trinajstić information content (AvgIpc) is 2.63. The Hall–Kier alpha value is -2.49. The standard InChI is InChI=1S/C24H32N2O2/c1-7-25(20-11-9-8-10-18(20)23(27)28)21-15-19-22(14-17(21)4)26(16(2)3)13-12-24(19,5)6/h8-11,14-16H,7,12-13H2,1-6H3,(H,27,28). The van der Waals surface area contributed by atoms with Gasteiger partial charge in [0.1, 0.15) is 0 Å². The number of carboxylic acids is 1. The number of carbonyl (C=O) groups is 1. The molecule has 28 heavy (non-hydrogen) atoms. The lowest BCUT2D eigenvalue weighted by Crippen LogP contribution is -2.41. The summed E-state index contributed by atoms with van der Waals surface area (Å²) in [6.45, 7) is 15.1. The van der Waals surface area contributed by atoms with Gasteiger partial charge in [0.25, 0.3) is 0 Å². The third-order valence-electron chi connectivity index (χ3n) is 5.99. The lowest BCUT2D eigenvalue weighted by Gasteiger charge is -2.43. The maximum absolute atomic E-state index is 11.8. The lowest BCUT2D eigenvalue weighted by atomic mass is 9.76. The molecule has 0 unspecified atom stereocenters. The normalized spacial score (nSPS) is 15.5. The van der Waals surface area contributed by atoms with E-state index in [4.69, 9.17) is 0 Å². The minimum absolute atomic E-state index is 0.0922. The van der Waals surface area contributed by atoms with E-state index in [0.717, 1.165) is 24.3 Å². The van der Waals surface area contributed by atoms with Gasteiger partial charge in [0.05, 0.1) is 11.3 Å². The zero-order chi connectivity index (χ0) is 20.6. The van der Waals surface area contributed by atoms with E-state index in [9.17, 15) is 9.90 Å². The molecule has 0 radical (unpaired) electrons. The minimum atomic E-state index is -0.893. The summed E-state index contributed by atoms with van der Waals surface area (Å²) in [7, 11) is 0. The molecule has 0 aliphatic carbocycles. The average molecular weight is 381 g/mol. The number of anilines is 3. The van der Waals surface area contributed by atoms with Crippen molar-refractivity contribution in [1.29, 1.82) is 0 Å². The Balaban J connectivity index is 2.19. The van der Waals surface area contributed by atoms with Gasteiger partial charge in [-0.3, -0.25) is 0 Å². The Morgan fingerprint density at radius 2 is 1.89 bits per heavy atom. The van der Waals surface area contributed by atoms with Crippen LogP contribution < -0.4 is 9.80 Å². The highest BCUT2D eigenvalue weighted by molar-refractivity contribution is 5.96. The molecule has 1 aliphatic rings. The maximum atomic E-state index is 11.8. The van der Waals surface area contributed by atoms with Crippen LogP contribution in [0, 0.1) is 6.92 Å². The molecule has 2 aromatic carbocycles. The van der Waals surface area contributed by atoms with E-state index < -0.39 is 5.97 Å². The predicted octanol–water partition coefficient (Wildman–Crippen LogP) is 5.75. The minimum Gasteiger partial charge on any atom is -0.478 e. The monoisotopic (exact) mass is 380 g/mol. The van der Waals surface area contributed by atoms with Crippen LogP contribution in [0.1, 0.15) is 62.5 Å². The first kappa shape index (κ1) is 20.2. The summed E-state index contributed by atoms with van der Waals surface area (Å²) in [5, 5.41) is 9.66. The zero-order valence-electron chi connectivity index (χ0n) is 17.9. The molecule has 0 bridgehead atoms. The van der Waals surface area contributed by atoms with Crippen LogP contribution in [0.15, 0.2) is 36.4 Å². The number of hydrogen-bond donors (Lipinski definition) is 1. The summed E-state index contributed by atoms with van der Waals surface area (Å²) in [5.41, 5.74) is 6.10. The van der Waals surface area contributed by atoms with Gasteiger partial charge in [-0.25, -0.2) is 4.79 Å². The summed E-state index contributed by atoms with van der Waals surface area (Å²) in [6, 6.07) is 12.3. The molecule has 4 nitrogen and oxygen atoms in total. The van der Waals surface area contributed by atoms with Crippen LogP contribution >= 0.6 is 0 Å². The SMILES string of the molecule is CCN(c1cc2c(cc1C)N(C(C)C)CCC2(C)C)c1ccccc1C(=O)O. The van der Waals surface area contributed by atoms with Gasteiger partial charge in [-0.1, -0.05) is 26.0 Å². The van der Waals surface area contributed by atoms with E-state index in [-0.39, 0.29) is 5.41 Å². The summed E-state index contributed by atoms with van der Waals surface area (Å²) in [6.07, 6.45) is 1.11. The van der Waals surface area contributed by atoms with Crippen molar-refractivity contribution in [1.82, 2.24) is 0 Å². The van der Waals surface area contributed by atoms with Crippen molar-refractivity contribution in [2.24, 2.45) is 0 Å². The first-order valence-corrected chi connectivity index (χ1v) is 10.2. The topological polar surface area (TPSA) is 43.8 Å².